The average molecular weight is 343 g/mol. The number of sulfonamides is 1. The molecular weight excluding hydrogens is 321 g/mol. The first-order valence-corrected chi connectivity index (χ1v) is 9.46. The van der Waals surface area contributed by atoms with E-state index in [9.17, 15) is 17.6 Å². The molecule has 1 aliphatic rings. The van der Waals surface area contributed by atoms with Gasteiger partial charge in [0.05, 0.1) is 11.9 Å². The first-order chi connectivity index (χ1) is 10.8. The molecule has 1 unspecified atom stereocenters. The maximum atomic E-state index is 13.5. The highest BCUT2D eigenvalue weighted by Crippen LogP contribution is 2.14. The maximum absolute atomic E-state index is 13.5. The lowest BCUT2D eigenvalue weighted by Crippen LogP contribution is -2.47. The minimum Gasteiger partial charge on any atom is -0.324 e. The van der Waals surface area contributed by atoms with Crippen molar-refractivity contribution in [1.29, 1.82) is 0 Å². The third-order valence-corrected chi connectivity index (χ3v) is 4.45. The van der Waals surface area contributed by atoms with E-state index < -0.39 is 15.8 Å². The number of carbonyl (C=O) groups is 1. The lowest BCUT2D eigenvalue weighted by Gasteiger charge is -2.32. The second kappa shape index (κ2) is 7.85. The fourth-order valence-corrected chi connectivity index (χ4v) is 3.49. The number of hydrogen-bond acceptors (Lipinski definition) is 4. The SMILES string of the molecule is CS(=O)(=O)NC1CCCN(CCC(=O)Nc2ccccc2F)C1. The molecule has 0 aliphatic carbocycles. The highest BCUT2D eigenvalue weighted by Gasteiger charge is 2.22. The highest BCUT2D eigenvalue weighted by molar-refractivity contribution is 7.88. The van der Waals surface area contributed by atoms with Gasteiger partial charge in [-0.3, -0.25) is 4.79 Å². The number of benzene rings is 1. The van der Waals surface area contributed by atoms with Crippen LogP contribution < -0.4 is 10.0 Å². The Labute approximate surface area is 136 Å². The van der Waals surface area contributed by atoms with Crippen LogP contribution in [0.2, 0.25) is 0 Å². The van der Waals surface area contributed by atoms with Crippen LogP contribution in [0.25, 0.3) is 0 Å². The van der Waals surface area contributed by atoms with Crippen molar-refractivity contribution >= 4 is 21.6 Å². The Hall–Kier alpha value is -1.51. The van der Waals surface area contributed by atoms with Crippen molar-refractivity contribution in [2.24, 2.45) is 0 Å². The molecule has 2 rings (SSSR count). The summed E-state index contributed by atoms with van der Waals surface area (Å²) in [5.41, 5.74) is 0.174. The third-order valence-electron chi connectivity index (χ3n) is 3.69. The minimum absolute atomic E-state index is 0.117. The number of amides is 1. The van der Waals surface area contributed by atoms with Gasteiger partial charge in [-0.05, 0) is 31.5 Å². The van der Waals surface area contributed by atoms with Gasteiger partial charge in [0.2, 0.25) is 15.9 Å². The third kappa shape index (κ3) is 6.25. The first kappa shape index (κ1) is 17.8. The fourth-order valence-electron chi connectivity index (χ4n) is 2.69. The summed E-state index contributed by atoms with van der Waals surface area (Å²) < 4.78 is 38.6. The van der Waals surface area contributed by atoms with Crippen LogP contribution in [-0.4, -0.2) is 51.2 Å². The Morgan fingerprint density at radius 2 is 2.13 bits per heavy atom. The number of hydrogen-bond donors (Lipinski definition) is 2. The van der Waals surface area contributed by atoms with Crippen LogP contribution in [0, 0.1) is 5.82 Å². The smallest absolute Gasteiger partial charge is 0.225 e. The van der Waals surface area contributed by atoms with Gasteiger partial charge in [-0.2, -0.15) is 0 Å². The molecule has 8 heteroatoms. The quantitative estimate of drug-likeness (QED) is 0.813. The van der Waals surface area contributed by atoms with E-state index in [4.69, 9.17) is 0 Å². The zero-order chi connectivity index (χ0) is 16.9. The number of para-hydroxylation sites is 1. The van der Waals surface area contributed by atoms with E-state index in [2.05, 4.69) is 10.0 Å². The van der Waals surface area contributed by atoms with Gasteiger partial charge < -0.3 is 10.2 Å². The van der Waals surface area contributed by atoms with Gasteiger partial charge in [-0.1, -0.05) is 12.1 Å². The summed E-state index contributed by atoms with van der Waals surface area (Å²) in [7, 11) is -3.22. The van der Waals surface area contributed by atoms with E-state index in [1.807, 2.05) is 4.90 Å². The molecule has 0 spiro atoms. The normalized spacial score (nSPS) is 19.5. The van der Waals surface area contributed by atoms with Gasteiger partial charge in [0.1, 0.15) is 5.82 Å². The van der Waals surface area contributed by atoms with Crippen LogP contribution in [0.1, 0.15) is 19.3 Å². The van der Waals surface area contributed by atoms with Gasteiger partial charge in [0, 0.05) is 25.6 Å². The van der Waals surface area contributed by atoms with Crippen molar-refractivity contribution < 1.29 is 17.6 Å². The molecular formula is C15H22FN3O3S. The van der Waals surface area contributed by atoms with Crippen LogP contribution >= 0.6 is 0 Å². The molecule has 0 aromatic heterocycles. The molecule has 0 saturated carbocycles. The second-order valence-corrected chi connectivity index (χ2v) is 7.59. The van der Waals surface area contributed by atoms with Crippen molar-refractivity contribution in [3.63, 3.8) is 0 Å². The predicted molar refractivity (Wildman–Crippen MR) is 87.1 cm³/mol. The van der Waals surface area contributed by atoms with Crippen LogP contribution in [0.15, 0.2) is 24.3 Å². The highest BCUT2D eigenvalue weighted by atomic mass is 32.2. The summed E-state index contributed by atoms with van der Waals surface area (Å²) in [6.07, 6.45) is 3.06. The molecule has 1 atom stereocenters. The topological polar surface area (TPSA) is 78.5 Å². The van der Waals surface area contributed by atoms with Gasteiger partial charge >= 0.3 is 0 Å². The summed E-state index contributed by atoms with van der Waals surface area (Å²) >= 11 is 0. The summed E-state index contributed by atoms with van der Waals surface area (Å²) in [6.45, 7) is 1.93. The number of rotatable bonds is 6. The molecule has 1 saturated heterocycles. The number of anilines is 1. The van der Waals surface area contributed by atoms with Gasteiger partial charge in [-0.25, -0.2) is 17.5 Å². The van der Waals surface area contributed by atoms with Crippen molar-refractivity contribution in [1.82, 2.24) is 9.62 Å². The van der Waals surface area contributed by atoms with E-state index in [-0.39, 0.29) is 24.1 Å². The summed E-state index contributed by atoms with van der Waals surface area (Å²) in [5.74, 6) is -0.718. The van der Waals surface area contributed by atoms with E-state index in [1.54, 1.807) is 12.1 Å². The van der Waals surface area contributed by atoms with Crippen LogP contribution in [0.3, 0.4) is 0 Å². The number of nitrogens with one attached hydrogen (secondary N) is 2. The Balaban J connectivity index is 1.79. The first-order valence-electron chi connectivity index (χ1n) is 7.57. The maximum Gasteiger partial charge on any atom is 0.225 e. The lowest BCUT2D eigenvalue weighted by atomic mass is 10.1. The number of likely N-dealkylation sites (tertiary alicyclic amines) is 1. The molecule has 1 aromatic rings. The zero-order valence-corrected chi connectivity index (χ0v) is 13.9. The summed E-state index contributed by atoms with van der Waals surface area (Å²) in [5, 5.41) is 2.55. The van der Waals surface area contributed by atoms with E-state index in [0.29, 0.717) is 13.1 Å². The Morgan fingerprint density at radius 1 is 1.39 bits per heavy atom. The van der Waals surface area contributed by atoms with E-state index in [1.165, 1.54) is 12.1 Å². The van der Waals surface area contributed by atoms with Crippen molar-refractivity contribution in [2.75, 3.05) is 31.2 Å². The van der Waals surface area contributed by atoms with Crippen molar-refractivity contribution in [2.45, 2.75) is 25.3 Å². The molecule has 1 amide bonds. The number of nitrogens with zero attached hydrogens (tertiary/aromatic N) is 1. The second-order valence-electron chi connectivity index (χ2n) is 5.81. The van der Waals surface area contributed by atoms with Gasteiger partial charge in [0.25, 0.3) is 0 Å². The summed E-state index contributed by atoms with van der Waals surface area (Å²) in [6, 6.07) is 5.91. The van der Waals surface area contributed by atoms with E-state index >= 15 is 0 Å². The molecule has 1 aliphatic heterocycles. The molecule has 23 heavy (non-hydrogen) atoms. The van der Waals surface area contributed by atoms with Gasteiger partial charge in [0.15, 0.2) is 0 Å². The number of carbonyl (C=O) groups excluding carboxylic acids is 1. The standard InChI is InChI=1S/C15H22FN3O3S/c1-23(21,22)18-12-5-4-9-19(11-12)10-8-15(20)17-14-7-3-2-6-13(14)16/h2-3,6-7,12,18H,4-5,8-11H2,1H3,(H,17,20). The zero-order valence-electron chi connectivity index (χ0n) is 13.1. The molecule has 0 radical (unpaired) electrons. The predicted octanol–water partition coefficient (Wildman–Crippen LogP) is 1.17. The number of piperidine rings is 1. The Bertz CT molecular complexity index is 651. The Morgan fingerprint density at radius 3 is 2.83 bits per heavy atom. The van der Waals surface area contributed by atoms with E-state index in [0.717, 1.165) is 25.6 Å². The molecule has 1 heterocycles. The van der Waals surface area contributed by atoms with Crippen molar-refractivity contribution in [3.8, 4) is 0 Å². The minimum atomic E-state index is -3.22. The van der Waals surface area contributed by atoms with Crippen LogP contribution in [0.5, 0.6) is 0 Å². The van der Waals surface area contributed by atoms with Crippen molar-refractivity contribution in [3.05, 3.63) is 30.1 Å². The molecule has 2 N–H and O–H groups in total. The molecule has 128 valence electrons. The summed E-state index contributed by atoms with van der Waals surface area (Å²) in [4.78, 5) is 14.0. The van der Waals surface area contributed by atoms with Gasteiger partial charge in [-0.15, -0.1) is 0 Å². The molecule has 1 aromatic carbocycles. The Kier molecular flexibility index (Phi) is 6.09. The largest absolute Gasteiger partial charge is 0.324 e. The van der Waals surface area contributed by atoms with Crippen LogP contribution in [-0.2, 0) is 14.8 Å². The fraction of sp³-hybridized carbons (Fsp3) is 0.533. The molecule has 1 fully saturated rings. The molecule has 6 nitrogen and oxygen atoms in total. The monoisotopic (exact) mass is 343 g/mol. The number of halogens is 1. The molecule has 0 bridgehead atoms. The van der Waals surface area contributed by atoms with Crippen LogP contribution in [0.4, 0.5) is 10.1 Å². The lowest BCUT2D eigenvalue weighted by molar-refractivity contribution is -0.116. The average Bonchev–Trinajstić information content (AvgIpc) is 2.46.